The predicted molar refractivity (Wildman–Crippen MR) is 126 cm³/mol. The van der Waals surface area contributed by atoms with E-state index in [-0.39, 0.29) is 17.9 Å². The molecule has 1 aliphatic rings. The molecule has 5 rings (SSSR count). The van der Waals surface area contributed by atoms with Crippen LogP contribution in [-0.4, -0.2) is 28.8 Å². The van der Waals surface area contributed by atoms with Crippen molar-refractivity contribution in [1.82, 2.24) is 9.88 Å². The van der Waals surface area contributed by atoms with Gasteiger partial charge in [-0.25, -0.2) is 4.98 Å². The molecular formula is C26H20N2O4S. The molecule has 0 aliphatic carbocycles. The lowest BCUT2D eigenvalue weighted by atomic mass is 10.0. The van der Waals surface area contributed by atoms with Gasteiger partial charge in [0.2, 0.25) is 0 Å². The van der Waals surface area contributed by atoms with Gasteiger partial charge in [0.1, 0.15) is 11.5 Å². The molecule has 1 unspecified atom stereocenters. The van der Waals surface area contributed by atoms with Crippen LogP contribution >= 0.6 is 11.3 Å². The predicted octanol–water partition coefficient (Wildman–Crippen LogP) is 5.97. The maximum Gasteiger partial charge on any atom is 0.279 e. The number of carbonyl (C=O) groups excluding carboxylic acids is 2. The van der Waals surface area contributed by atoms with Gasteiger partial charge in [-0.3, -0.25) is 14.5 Å². The zero-order valence-electron chi connectivity index (χ0n) is 18.0. The second-order valence-corrected chi connectivity index (χ2v) is 8.59. The van der Waals surface area contributed by atoms with Gasteiger partial charge in [-0.05, 0) is 54.4 Å². The molecule has 3 aromatic carbocycles. The van der Waals surface area contributed by atoms with Crippen LogP contribution in [0.5, 0.6) is 16.7 Å². The number of fused-ring (bicyclic) bond motifs is 1. The highest BCUT2D eigenvalue weighted by atomic mass is 32.1. The summed E-state index contributed by atoms with van der Waals surface area (Å²) in [6, 6.07) is 21.7. The molecule has 0 radical (unpaired) electrons. The normalized spacial score (nSPS) is 13.7. The van der Waals surface area contributed by atoms with Crippen LogP contribution in [0.4, 0.5) is 0 Å². The Morgan fingerprint density at radius 3 is 2.06 bits per heavy atom. The molecular weight excluding hydrogens is 436 g/mol. The summed E-state index contributed by atoms with van der Waals surface area (Å²) in [6.07, 6.45) is 1.77. The van der Waals surface area contributed by atoms with E-state index in [0.29, 0.717) is 22.1 Å². The Labute approximate surface area is 195 Å². The minimum absolute atomic E-state index is 0.255. The van der Waals surface area contributed by atoms with E-state index in [1.165, 1.54) is 16.2 Å². The topological polar surface area (TPSA) is 68.7 Å². The van der Waals surface area contributed by atoms with E-state index >= 15 is 0 Å². The Hall–Kier alpha value is -3.97. The number of aromatic nitrogens is 1. The van der Waals surface area contributed by atoms with E-state index in [2.05, 4.69) is 4.98 Å². The van der Waals surface area contributed by atoms with Crippen molar-refractivity contribution >= 4 is 23.2 Å². The Morgan fingerprint density at radius 1 is 0.848 bits per heavy atom. The molecule has 0 N–H and O–H groups in total. The SMILES string of the molecule is COc1ccc(Oc2ncc(-c3ccc(C(C)N4C(=O)c5ccccc5C4=O)cc3)s2)cc1. The molecule has 0 saturated carbocycles. The maximum absolute atomic E-state index is 12.8. The molecule has 6 nitrogen and oxygen atoms in total. The van der Waals surface area contributed by atoms with Gasteiger partial charge in [0.25, 0.3) is 17.0 Å². The fourth-order valence-corrected chi connectivity index (χ4v) is 4.61. The van der Waals surface area contributed by atoms with Gasteiger partial charge in [0.05, 0.1) is 29.2 Å². The van der Waals surface area contributed by atoms with E-state index < -0.39 is 0 Å². The minimum atomic E-state index is -0.373. The number of benzene rings is 3. The smallest absolute Gasteiger partial charge is 0.279 e. The Bertz CT molecular complexity index is 1290. The number of amides is 2. The molecule has 0 spiro atoms. The fourth-order valence-electron chi connectivity index (χ4n) is 3.82. The summed E-state index contributed by atoms with van der Waals surface area (Å²) in [5, 5.41) is 0.540. The van der Waals surface area contributed by atoms with Crippen molar-refractivity contribution in [1.29, 1.82) is 0 Å². The van der Waals surface area contributed by atoms with E-state index in [1.807, 2.05) is 55.5 Å². The minimum Gasteiger partial charge on any atom is -0.497 e. The van der Waals surface area contributed by atoms with Gasteiger partial charge in [0, 0.05) is 6.20 Å². The lowest BCUT2D eigenvalue weighted by molar-refractivity contribution is 0.0595. The molecule has 2 amide bonds. The monoisotopic (exact) mass is 456 g/mol. The number of methoxy groups -OCH3 is 1. The molecule has 0 fully saturated rings. The summed E-state index contributed by atoms with van der Waals surface area (Å²) in [5.41, 5.74) is 2.78. The van der Waals surface area contributed by atoms with E-state index in [9.17, 15) is 9.59 Å². The van der Waals surface area contributed by atoms with Crippen molar-refractivity contribution in [3.8, 4) is 27.1 Å². The third-order valence-electron chi connectivity index (χ3n) is 5.64. The van der Waals surface area contributed by atoms with Crippen LogP contribution in [0.15, 0.2) is 79.0 Å². The van der Waals surface area contributed by atoms with Gasteiger partial charge >= 0.3 is 0 Å². The molecule has 164 valence electrons. The van der Waals surface area contributed by atoms with Crippen LogP contribution < -0.4 is 9.47 Å². The number of hydrogen-bond acceptors (Lipinski definition) is 6. The van der Waals surface area contributed by atoms with Gasteiger partial charge in [-0.1, -0.05) is 47.7 Å². The fraction of sp³-hybridized carbons (Fsp3) is 0.115. The highest BCUT2D eigenvalue weighted by molar-refractivity contribution is 7.16. The van der Waals surface area contributed by atoms with Crippen molar-refractivity contribution in [2.24, 2.45) is 0 Å². The third-order valence-corrected chi connectivity index (χ3v) is 6.56. The summed E-state index contributed by atoms with van der Waals surface area (Å²) in [5.74, 6) is 0.935. The molecule has 1 atom stereocenters. The third kappa shape index (κ3) is 3.87. The van der Waals surface area contributed by atoms with Crippen LogP contribution in [0.1, 0.15) is 39.2 Å². The molecule has 7 heteroatoms. The average Bonchev–Trinajstić information content (AvgIpc) is 3.42. The first-order chi connectivity index (χ1) is 16.0. The second kappa shape index (κ2) is 8.52. The first-order valence-electron chi connectivity index (χ1n) is 10.4. The highest BCUT2D eigenvalue weighted by Crippen LogP contribution is 2.35. The van der Waals surface area contributed by atoms with Crippen molar-refractivity contribution in [3.63, 3.8) is 0 Å². The number of thiazole rings is 1. The van der Waals surface area contributed by atoms with Gasteiger partial charge in [-0.2, -0.15) is 0 Å². The largest absolute Gasteiger partial charge is 0.497 e. The molecule has 1 aliphatic heterocycles. The summed E-state index contributed by atoms with van der Waals surface area (Å²) in [4.78, 5) is 32.2. The summed E-state index contributed by atoms with van der Waals surface area (Å²) in [7, 11) is 1.62. The highest BCUT2D eigenvalue weighted by Gasteiger charge is 2.38. The van der Waals surface area contributed by atoms with Gasteiger partial charge < -0.3 is 9.47 Å². The van der Waals surface area contributed by atoms with Crippen LogP contribution in [0, 0.1) is 0 Å². The van der Waals surface area contributed by atoms with Crippen molar-refractivity contribution in [2.45, 2.75) is 13.0 Å². The Morgan fingerprint density at radius 2 is 1.45 bits per heavy atom. The van der Waals surface area contributed by atoms with Crippen molar-refractivity contribution in [3.05, 3.63) is 95.7 Å². The van der Waals surface area contributed by atoms with Crippen LogP contribution in [0.25, 0.3) is 10.4 Å². The van der Waals surface area contributed by atoms with E-state index in [1.54, 1.807) is 37.6 Å². The van der Waals surface area contributed by atoms with Crippen LogP contribution in [0.3, 0.4) is 0 Å². The van der Waals surface area contributed by atoms with Gasteiger partial charge in [0.15, 0.2) is 0 Å². The lowest BCUT2D eigenvalue weighted by Gasteiger charge is -2.23. The quantitative estimate of drug-likeness (QED) is 0.335. The lowest BCUT2D eigenvalue weighted by Crippen LogP contribution is -2.32. The molecule has 4 aromatic rings. The maximum atomic E-state index is 12.8. The molecule has 2 heterocycles. The van der Waals surface area contributed by atoms with E-state index in [0.717, 1.165) is 21.8 Å². The zero-order chi connectivity index (χ0) is 22.9. The number of ether oxygens (including phenoxy) is 2. The van der Waals surface area contributed by atoms with Crippen molar-refractivity contribution in [2.75, 3.05) is 7.11 Å². The number of hydrogen-bond donors (Lipinski definition) is 0. The standard InChI is InChI=1S/C26H20N2O4S/c1-16(28-24(29)21-5-3-4-6-22(21)25(28)30)17-7-9-18(10-8-17)23-15-27-26(33-23)32-20-13-11-19(31-2)12-14-20/h3-16H,1-2H3. The summed E-state index contributed by atoms with van der Waals surface area (Å²) in [6.45, 7) is 1.87. The molecule has 0 saturated heterocycles. The van der Waals surface area contributed by atoms with Crippen LogP contribution in [0.2, 0.25) is 0 Å². The average molecular weight is 457 g/mol. The second-order valence-electron chi connectivity index (χ2n) is 7.59. The molecule has 1 aromatic heterocycles. The first-order valence-corrected chi connectivity index (χ1v) is 11.2. The molecule has 0 bridgehead atoms. The summed E-state index contributed by atoms with van der Waals surface area (Å²) < 4.78 is 11.0. The number of nitrogens with zero attached hydrogens (tertiary/aromatic N) is 2. The van der Waals surface area contributed by atoms with Gasteiger partial charge in [-0.15, -0.1) is 0 Å². The Balaban J connectivity index is 1.31. The number of rotatable bonds is 6. The zero-order valence-corrected chi connectivity index (χ0v) is 18.8. The van der Waals surface area contributed by atoms with E-state index in [4.69, 9.17) is 9.47 Å². The number of imide groups is 1. The number of carbonyl (C=O) groups is 2. The Kier molecular flexibility index (Phi) is 5.40. The first kappa shape index (κ1) is 20.9. The van der Waals surface area contributed by atoms with Crippen molar-refractivity contribution < 1.29 is 19.1 Å². The van der Waals surface area contributed by atoms with Crippen LogP contribution in [-0.2, 0) is 0 Å². The molecule has 33 heavy (non-hydrogen) atoms. The summed E-state index contributed by atoms with van der Waals surface area (Å²) >= 11 is 1.44.